The van der Waals surface area contributed by atoms with Crippen molar-refractivity contribution in [2.45, 2.75) is 13.5 Å². The lowest BCUT2D eigenvalue weighted by molar-refractivity contribution is 0.276. The second-order valence-corrected chi connectivity index (χ2v) is 3.56. The molecule has 0 atom stereocenters. The minimum Gasteiger partial charge on any atom is -0.457 e. The van der Waals surface area contributed by atoms with E-state index in [2.05, 4.69) is 4.98 Å². The molecule has 82 valence electrons. The molecule has 2 aromatic rings. The predicted molar refractivity (Wildman–Crippen MR) is 61.4 cm³/mol. The summed E-state index contributed by atoms with van der Waals surface area (Å²) in [4.78, 5) is 3.94. The van der Waals surface area contributed by atoms with Crippen molar-refractivity contribution in [2.75, 3.05) is 0 Å². The topological polar surface area (TPSA) is 42.4 Å². The van der Waals surface area contributed by atoms with Gasteiger partial charge in [-0.05, 0) is 30.7 Å². The van der Waals surface area contributed by atoms with Crippen molar-refractivity contribution in [1.82, 2.24) is 4.98 Å². The summed E-state index contributed by atoms with van der Waals surface area (Å²) in [7, 11) is 0. The third-order valence-corrected chi connectivity index (χ3v) is 2.25. The van der Waals surface area contributed by atoms with Crippen molar-refractivity contribution in [3.05, 3.63) is 53.9 Å². The lowest BCUT2D eigenvalue weighted by Crippen LogP contribution is -1.92. The molecular weight excluding hydrogens is 202 g/mol. The number of aliphatic hydroxyl groups excluding tert-OH is 1. The fourth-order valence-corrected chi connectivity index (χ4v) is 1.44. The first-order valence-electron chi connectivity index (χ1n) is 5.08. The Kier molecular flexibility index (Phi) is 3.17. The second-order valence-electron chi connectivity index (χ2n) is 3.56. The summed E-state index contributed by atoms with van der Waals surface area (Å²) in [6.45, 7) is 1.93. The van der Waals surface area contributed by atoms with Crippen molar-refractivity contribution in [3.8, 4) is 11.5 Å². The highest BCUT2D eigenvalue weighted by Crippen LogP contribution is 2.24. The molecule has 1 N–H and O–H groups in total. The summed E-state index contributed by atoms with van der Waals surface area (Å²) in [6.07, 6.45) is 3.25. The molecule has 0 bridgehead atoms. The van der Waals surface area contributed by atoms with Gasteiger partial charge in [0.15, 0.2) is 0 Å². The molecule has 0 spiro atoms. The Morgan fingerprint density at radius 1 is 1.31 bits per heavy atom. The molecule has 2 rings (SSSR count). The van der Waals surface area contributed by atoms with Crippen LogP contribution in [0.5, 0.6) is 11.5 Å². The van der Waals surface area contributed by atoms with E-state index in [0.29, 0.717) is 11.3 Å². The highest BCUT2D eigenvalue weighted by Gasteiger charge is 2.03. The van der Waals surface area contributed by atoms with Crippen molar-refractivity contribution < 1.29 is 9.84 Å². The van der Waals surface area contributed by atoms with E-state index in [1.165, 1.54) is 0 Å². The first kappa shape index (κ1) is 10.6. The average molecular weight is 215 g/mol. The van der Waals surface area contributed by atoms with Crippen molar-refractivity contribution >= 4 is 0 Å². The zero-order valence-corrected chi connectivity index (χ0v) is 9.05. The molecule has 0 unspecified atom stereocenters. The van der Waals surface area contributed by atoms with E-state index in [1.807, 2.05) is 31.2 Å². The maximum absolute atomic E-state index is 9.13. The van der Waals surface area contributed by atoms with E-state index in [0.717, 1.165) is 11.3 Å². The van der Waals surface area contributed by atoms with Gasteiger partial charge in [-0.25, -0.2) is 0 Å². The smallest absolute Gasteiger partial charge is 0.136 e. The number of hydrogen-bond donors (Lipinski definition) is 1. The number of rotatable bonds is 3. The van der Waals surface area contributed by atoms with Crippen LogP contribution in [0.4, 0.5) is 0 Å². The molecule has 0 fully saturated rings. The number of pyridine rings is 1. The van der Waals surface area contributed by atoms with E-state index < -0.39 is 0 Å². The van der Waals surface area contributed by atoms with Gasteiger partial charge in [0.25, 0.3) is 0 Å². The fraction of sp³-hybridized carbons (Fsp3) is 0.154. The molecule has 3 heteroatoms. The number of aliphatic hydroxyl groups is 1. The van der Waals surface area contributed by atoms with Crippen LogP contribution in [0.15, 0.2) is 42.7 Å². The van der Waals surface area contributed by atoms with Crippen LogP contribution in [-0.4, -0.2) is 10.1 Å². The monoisotopic (exact) mass is 215 g/mol. The molecule has 0 saturated carbocycles. The van der Waals surface area contributed by atoms with Gasteiger partial charge in [0.1, 0.15) is 11.5 Å². The van der Waals surface area contributed by atoms with Crippen LogP contribution >= 0.6 is 0 Å². The van der Waals surface area contributed by atoms with Gasteiger partial charge in [-0.15, -0.1) is 0 Å². The molecular formula is C13H13NO2. The normalized spacial score (nSPS) is 10.1. The van der Waals surface area contributed by atoms with Crippen LogP contribution in [0.1, 0.15) is 11.1 Å². The maximum Gasteiger partial charge on any atom is 0.136 e. The standard InChI is InChI=1S/C13H13NO2/c1-10-3-2-4-12(7-10)16-13-5-6-14-8-11(13)9-15/h2-8,15H,9H2,1H3. The Labute approximate surface area is 94.3 Å². The SMILES string of the molecule is Cc1cccc(Oc2ccncc2CO)c1. The van der Waals surface area contributed by atoms with Gasteiger partial charge in [-0.2, -0.15) is 0 Å². The Bertz CT molecular complexity index is 483. The van der Waals surface area contributed by atoms with Gasteiger partial charge in [-0.3, -0.25) is 4.98 Å². The highest BCUT2D eigenvalue weighted by molar-refractivity contribution is 5.36. The average Bonchev–Trinajstić information content (AvgIpc) is 2.30. The molecule has 16 heavy (non-hydrogen) atoms. The number of nitrogens with zero attached hydrogens (tertiary/aromatic N) is 1. The minimum absolute atomic E-state index is 0.0744. The first-order chi connectivity index (χ1) is 7.79. The Morgan fingerprint density at radius 3 is 2.94 bits per heavy atom. The summed E-state index contributed by atoms with van der Waals surface area (Å²) in [5.41, 5.74) is 1.82. The molecule has 3 nitrogen and oxygen atoms in total. The van der Waals surface area contributed by atoms with Crippen LogP contribution in [0.3, 0.4) is 0 Å². The molecule has 0 aliphatic carbocycles. The molecule has 1 aromatic carbocycles. The molecule has 0 radical (unpaired) electrons. The second kappa shape index (κ2) is 4.77. The van der Waals surface area contributed by atoms with E-state index in [-0.39, 0.29) is 6.61 Å². The van der Waals surface area contributed by atoms with E-state index in [1.54, 1.807) is 18.5 Å². The fourth-order valence-electron chi connectivity index (χ4n) is 1.44. The summed E-state index contributed by atoms with van der Waals surface area (Å²) in [6, 6.07) is 9.51. The molecule has 0 amide bonds. The summed E-state index contributed by atoms with van der Waals surface area (Å²) >= 11 is 0. The van der Waals surface area contributed by atoms with Gasteiger partial charge < -0.3 is 9.84 Å². The minimum atomic E-state index is -0.0744. The molecule has 1 heterocycles. The van der Waals surface area contributed by atoms with Crippen LogP contribution in [0.2, 0.25) is 0 Å². The summed E-state index contributed by atoms with van der Waals surface area (Å²) in [5.74, 6) is 1.41. The lowest BCUT2D eigenvalue weighted by atomic mass is 10.2. The Morgan fingerprint density at radius 2 is 2.19 bits per heavy atom. The van der Waals surface area contributed by atoms with Crippen LogP contribution < -0.4 is 4.74 Å². The highest BCUT2D eigenvalue weighted by atomic mass is 16.5. The number of benzene rings is 1. The predicted octanol–water partition coefficient (Wildman–Crippen LogP) is 2.67. The number of hydrogen-bond acceptors (Lipinski definition) is 3. The zero-order chi connectivity index (χ0) is 11.4. The molecule has 0 aliphatic rings. The van der Waals surface area contributed by atoms with Crippen molar-refractivity contribution in [3.63, 3.8) is 0 Å². The van der Waals surface area contributed by atoms with Crippen molar-refractivity contribution in [2.24, 2.45) is 0 Å². The van der Waals surface area contributed by atoms with Gasteiger partial charge >= 0.3 is 0 Å². The van der Waals surface area contributed by atoms with Gasteiger partial charge in [0, 0.05) is 18.0 Å². The third kappa shape index (κ3) is 2.38. The Hall–Kier alpha value is -1.87. The van der Waals surface area contributed by atoms with Gasteiger partial charge in [0.2, 0.25) is 0 Å². The van der Waals surface area contributed by atoms with Crippen LogP contribution in [0.25, 0.3) is 0 Å². The summed E-state index contributed by atoms with van der Waals surface area (Å²) in [5, 5.41) is 9.13. The van der Waals surface area contributed by atoms with E-state index in [9.17, 15) is 0 Å². The number of aryl methyl sites for hydroxylation is 1. The van der Waals surface area contributed by atoms with Gasteiger partial charge in [-0.1, -0.05) is 12.1 Å². The molecule has 0 saturated heterocycles. The van der Waals surface area contributed by atoms with E-state index >= 15 is 0 Å². The maximum atomic E-state index is 9.13. The largest absolute Gasteiger partial charge is 0.457 e. The number of ether oxygens (including phenoxy) is 1. The lowest BCUT2D eigenvalue weighted by Gasteiger charge is -2.09. The third-order valence-electron chi connectivity index (χ3n) is 2.25. The van der Waals surface area contributed by atoms with Crippen LogP contribution in [-0.2, 0) is 6.61 Å². The summed E-state index contributed by atoms with van der Waals surface area (Å²) < 4.78 is 5.68. The van der Waals surface area contributed by atoms with Crippen LogP contribution in [0, 0.1) is 6.92 Å². The zero-order valence-electron chi connectivity index (χ0n) is 9.05. The van der Waals surface area contributed by atoms with E-state index in [4.69, 9.17) is 9.84 Å². The molecule has 0 aliphatic heterocycles. The first-order valence-corrected chi connectivity index (χ1v) is 5.08. The quantitative estimate of drug-likeness (QED) is 0.855. The molecule has 1 aromatic heterocycles. The van der Waals surface area contributed by atoms with Crippen molar-refractivity contribution in [1.29, 1.82) is 0 Å². The van der Waals surface area contributed by atoms with Gasteiger partial charge in [0.05, 0.1) is 6.61 Å². The number of aromatic nitrogens is 1. The Balaban J connectivity index is 2.26.